The lowest BCUT2D eigenvalue weighted by molar-refractivity contribution is -0.0264. The highest BCUT2D eigenvalue weighted by Crippen LogP contribution is 2.32. The predicted molar refractivity (Wildman–Crippen MR) is 72.2 cm³/mol. The van der Waals surface area contributed by atoms with E-state index >= 15 is 0 Å². The molecule has 0 aromatic heterocycles. The molecule has 2 heteroatoms. The highest BCUT2D eigenvalue weighted by Gasteiger charge is 2.28. The molecule has 0 bridgehead atoms. The Labute approximate surface area is 107 Å². The quantitative estimate of drug-likeness (QED) is 0.716. The largest absolute Gasteiger partial charge is 0.378 e. The van der Waals surface area contributed by atoms with Crippen LogP contribution in [0.1, 0.15) is 64.7 Å². The van der Waals surface area contributed by atoms with Gasteiger partial charge in [0.2, 0.25) is 0 Å². The van der Waals surface area contributed by atoms with Gasteiger partial charge in [-0.15, -0.1) is 0 Å². The molecule has 0 radical (unpaired) electrons. The van der Waals surface area contributed by atoms with Crippen LogP contribution in [-0.4, -0.2) is 25.3 Å². The van der Waals surface area contributed by atoms with Crippen LogP contribution in [0.2, 0.25) is 0 Å². The van der Waals surface area contributed by atoms with Gasteiger partial charge in [-0.05, 0) is 51.5 Å². The summed E-state index contributed by atoms with van der Waals surface area (Å²) in [5.41, 5.74) is 0. The zero-order valence-electron chi connectivity index (χ0n) is 11.4. The summed E-state index contributed by atoms with van der Waals surface area (Å²) in [7, 11) is 0. The van der Waals surface area contributed by atoms with E-state index < -0.39 is 0 Å². The van der Waals surface area contributed by atoms with Crippen LogP contribution in [0.25, 0.3) is 0 Å². The molecule has 0 spiro atoms. The van der Waals surface area contributed by atoms with Crippen molar-refractivity contribution < 1.29 is 4.74 Å². The van der Waals surface area contributed by atoms with Crippen LogP contribution in [0.3, 0.4) is 0 Å². The van der Waals surface area contributed by atoms with Crippen LogP contribution in [0.5, 0.6) is 0 Å². The smallest absolute Gasteiger partial charge is 0.0580 e. The minimum Gasteiger partial charge on any atom is -0.378 e. The molecule has 0 saturated heterocycles. The Bertz CT molecular complexity index is 193. The Balaban J connectivity index is 1.49. The summed E-state index contributed by atoms with van der Waals surface area (Å²) in [6.45, 7) is 4.22. The van der Waals surface area contributed by atoms with Crippen molar-refractivity contribution in [2.24, 2.45) is 5.92 Å². The lowest BCUT2D eigenvalue weighted by atomic mass is 9.80. The molecule has 2 nitrogen and oxygen atoms in total. The molecule has 1 N–H and O–H groups in total. The minimum absolute atomic E-state index is 0.586. The third-order valence-corrected chi connectivity index (χ3v) is 4.44. The second-order valence-electron chi connectivity index (χ2n) is 5.85. The first-order valence-corrected chi connectivity index (χ1v) is 7.73. The van der Waals surface area contributed by atoms with Crippen molar-refractivity contribution in [2.75, 3.05) is 13.2 Å². The summed E-state index contributed by atoms with van der Waals surface area (Å²) in [4.78, 5) is 0. The molecule has 0 aliphatic heterocycles. The van der Waals surface area contributed by atoms with Crippen molar-refractivity contribution in [1.29, 1.82) is 0 Å². The number of hydrogen-bond donors (Lipinski definition) is 1. The first-order valence-electron chi connectivity index (χ1n) is 7.73. The topological polar surface area (TPSA) is 21.3 Å². The fourth-order valence-corrected chi connectivity index (χ4v) is 3.26. The maximum Gasteiger partial charge on any atom is 0.0580 e. The van der Waals surface area contributed by atoms with Crippen LogP contribution in [-0.2, 0) is 4.74 Å². The van der Waals surface area contributed by atoms with Gasteiger partial charge in [-0.2, -0.15) is 0 Å². The standard InChI is InChI=1S/C15H29NO/c1-2-17-15-11-13(12-15)9-10-16-14-7-5-3-4-6-8-14/h13-16H,2-12H2,1H3. The number of rotatable bonds is 6. The van der Waals surface area contributed by atoms with Gasteiger partial charge < -0.3 is 10.1 Å². The first kappa shape index (κ1) is 13.4. The summed E-state index contributed by atoms with van der Waals surface area (Å²) >= 11 is 0. The second-order valence-corrected chi connectivity index (χ2v) is 5.85. The van der Waals surface area contributed by atoms with Gasteiger partial charge in [-0.1, -0.05) is 25.7 Å². The SMILES string of the molecule is CCOC1CC(CCNC2CCCCCC2)C1. The van der Waals surface area contributed by atoms with Gasteiger partial charge in [0.1, 0.15) is 0 Å². The average molecular weight is 239 g/mol. The molecular weight excluding hydrogens is 210 g/mol. The highest BCUT2D eigenvalue weighted by molar-refractivity contribution is 4.81. The lowest BCUT2D eigenvalue weighted by Crippen LogP contribution is -2.35. The van der Waals surface area contributed by atoms with E-state index in [2.05, 4.69) is 12.2 Å². The van der Waals surface area contributed by atoms with E-state index in [1.54, 1.807) is 0 Å². The van der Waals surface area contributed by atoms with Crippen LogP contribution < -0.4 is 5.32 Å². The molecule has 2 rings (SSSR count). The maximum atomic E-state index is 5.60. The Kier molecular flexibility index (Phi) is 5.79. The van der Waals surface area contributed by atoms with Gasteiger partial charge in [-0.3, -0.25) is 0 Å². The van der Waals surface area contributed by atoms with E-state index in [0.29, 0.717) is 6.10 Å². The molecule has 0 heterocycles. The molecule has 100 valence electrons. The van der Waals surface area contributed by atoms with E-state index in [4.69, 9.17) is 4.74 Å². The zero-order valence-corrected chi connectivity index (χ0v) is 11.4. The summed E-state index contributed by atoms with van der Waals surface area (Å²) in [6.07, 6.45) is 13.2. The van der Waals surface area contributed by atoms with Crippen molar-refractivity contribution in [1.82, 2.24) is 5.32 Å². The van der Waals surface area contributed by atoms with E-state index in [1.165, 1.54) is 64.3 Å². The molecule has 0 amide bonds. The molecule has 0 unspecified atom stereocenters. The Morgan fingerprint density at radius 2 is 1.76 bits per heavy atom. The second kappa shape index (κ2) is 7.38. The Hall–Kier alpha value is -0.0800. The fraction of sp³-hybridized carbons (Fsp3) is 1.00. The van der Waals surface area contributed by atoms with Crippen molar-refractivity contribution in [3.05, 3.63) is 0 Å². The van der Waals surface area contributed by atoms with Gasteiger partial charge in [-0.25, -0.2) is 0 Å². The number of nitrogens with one attached hydrogen (secondary N) is 1. The molecule has 0 aromatic carbocycles. The van der Waals surface area contributed by atoms with Crippen molar-refractivity contribution in [2.45, 2.75) is 76.9 Å². The van der Waals surface area contributed by atoms with E-state index in [-0.39, 0.29) is 0 Å². The Morgan fingerprint density at radius 1 is 1.06 bits per heavy atom. The van der Waals surface area contributed by atoms with Gasteiger partial charge in [0.05, 0.1) is 6.10 Å². The zero-order chi connectivity index (χ0) is 11.9. The molecule has 0 atom stereocenters. The van der Waals surface area contributed by atoms with Gasteiger partial charge in [0.25, 0.3) is 0 Å². The van der Waals surface area contributed by atoms with Crippen LogP contribution in [0, 0.1) is 5.92 Å². The van der Waals surface area contributed by atoms with Gasteiger partial charge >= 0.3 is 0 Å². The molecule has 2 aliphatic carbocycles. The average Bonchev–Trinajstić information content (AvgIpc) is 2.54. The van der Waals surface area contributed by atoms with Crippen molar-refractivity contribution in [3.63, 3.8) is 0 Å². The predicted octanol–water partition coefficient (Wildman–Crippen LogP) is 3.50. The third-order valence-electron chi connectivity index (χ3n) is 4.44. The minimum atomic E-state index is 0.586. The van der Waals surface area contributed by atoms with Crippen molar-refractivity contribution in [3.8, 4) is 0 Å². The highest BCUT2D eigenvalue weighted by atomic mass is 16.5. The summed E-state index contributed by atoms with van der Waals surface area (Å²) < 4.78 is 5.60. The van der Waals surface area contributed by atoms with Crippen molar-refractivity contribution >= 4 is 0 Å². The van der Waals surface area contributed by atoms with Gasteiger partial charge in [0.15, 0.2) is 0 Å². The van der Waals surface area contributed by atoms with Gasteiger partial charge in [0, 0.05) is 12.6 Å². The molecular formula is C15H29NO. The summed E-state index contributed by atoms with van der Waals surface area (Å²) in [5.74, 6) is 0.935. The van der Waals surface area contributed by atoms with Crippen LogP contribution >= 0.6 is 0 Å². The fourth-order valence-electron chi connectivity index (χ4n) is 3.26. The molecule has 17 heavy (non-hydrogen) atoms. The molecule has 2 saturated carbocycles. The van der Waals surface area contributed by atoms with E-state index in [1.807, 2.05) is 0 Å². The summed E-state index contributed by atoms with van der Waals surface area (Å²) in [5, 5.41) is 3.77. The maximum absolute atomic E-state index is 5.60. The Morgan fingerprint density at radius 3 is 2.41 bits per heavy atom. The monoisotopic (exact) mass is 239 g/mol. The number of ether oxygens (including phenoxy) is 1. The molecule has 2 fully saturated rings. The summed E-state index contributed by atoms with van der Waals surface area (Å²) in [6, 6.07) is 0.820. The van der Waals surface area contributed by atoms with Crippen LogP contribution in [0.15, 0.2) is 0 Å². The molecule has 0 aromatic rings. The normalized spacial score (nSPS) is 30.9. The van der Waals surface area contributed by atoms with E-state index in [0.717, 1.165) is 18.6 Å². The van der Waals surface area contributed by atoms with E-state index in [9.17, 15) is 0 Å². The number of hydrogen-bond acceptors (Lipinski definition) is 2. The molecule has 2 aliphatic rings. The first-order chi connectivity index (χ1) is 8.38. The lowest BCUT2D eigenvalue weighted by Gasteiger charge is -2.35. The van der Waals surface area contributed by atoms with Crippen LogP contribution in [0.4, 0.5) is 0 Å². The third kappa shape index (κ3) is 4.59.